The maximum absolute atomic E-state index is 13.4. The number of aromatic nitrogens is 4. The van der Waals surface area contributed by atoms with Crippen molar-refractivity contribution >= 4 is 5.69 Å². The normalized spacial score (nSPS) is 21.9. The fourth-order valence-electron chi connectivity index (χ4n) is 2.73. The van der Waals surface area contributed by atoms with Gasteiger partial charge in [0, 0.05) is 24.4 Å². The number of nitrogens with zero attached hydrogens (tertiary/aromatic N) is 4. The average Bonchev–Trinajstić information content (AvgIpc) is 3.10. The quantitative estimate of drug-likeness (QED) is 0.875. The third kappa shape index (κ3) is 2.46. The Morgan fingerprint density at radius 1 is 1.29 bits per heavy atom. The molecule has 21 heavy (non-hydrogen) atoms. The first kappa shape index (κ1) is 13.9. The van der Waals surface area contributed by atoms with Crippen LogP contribution < -0.4 is 5.73 Å². The predicted octanol–water partition coefficient (Wildman–Crippen LogP) is 1.94. The number of anilines is 1. The Kier molecular flexibility index (Phi) is 3.54. The number of hydrogen-bond donors (Lipinski definition) is 1. The van der Waals surface area contributed by atoms with E-state index in [4.69, 9.17) is 10.5 Å². The van der Waals surface area contributed by atoms with E-state index in [1.807, 2.05) is 0 Å². The summed E-state index contributed by atoms with van der Waals surface area (Å²) in [6, 6.07) is 2.03. The maximum atomic E-state index is 13.4. The predicted molar refractivity (Wildman–Crippen MR) is 71.3 cm³/mol. The zero-order valence-electron chi connectivity index (χ0n) is 11.5. The second kappa shape index (κ2) is 5.36. The van der Waals surface area contributed by atoms with Crippen molar-refractivity contribution in [2.45, 2.75) is 31.4 Å². The van der Waals surface area contributed by atoms with Gasteiger partial charge >= 0.3 is 0 Å². The summed E-state index contributed by atoms with van der Waals surface area (Å²) in [5, 5.41) is 11.5. The van der Waals surface area contributed by atoms with Crippen LogP contribution in [0.3, 0.4) is 0 Å². The van der Waals surface area contributed by atoms with Gasteiger partial charge in [-0.05, 0) is 35.8 Å². The standard InChI is InChI=1S/C13H15F2N5O/c1-21-8-3-2-7(4-8)20-13(17-18-19-20)9-5-10(14)11(15)6-12(9)16/h5-8H,2-4,16H2,1H3. The van der Waals surface area contributed by atoms with Gasteiger partial charge < -0.3 is 10.5 Å². The van der Waals surface area contributed by atoms with Crippen molar-refractivity contribution in [3.63, 3.8) is 0 Å². The zero-order valence-corrected chi connectivity index (χ0v) is 11.5. The molecule has 2 atom stereocenters. The van der Waals surface area contributed by atoms with Crippen LogP contribution in [0.1, 0.15) is 25.3 Å². The van der Waals surface area contributed by atoms with Gasteiger partial charge in [0.15, 0.2) is 17.5 Å². The molecule has 2 N–H and O–H groups in total. The molecule has 8 heteroatoms. The lowest BCUT2D eigenvalue weighted by molar-refractivity contribution is 0.105. The van der Waals surface area contributed by atoms with Gasteiger partial charge in [-0.1, -0.05) is 0 Å². The molecule has 1 fully saturated rings. The SMILES string of the molecule is COC1CCC(n2nnnc2-c2cc(F)c(F)cc2N)C1. The molecular weight excluding hydrogens is 280 g/mol. The van der Waals surface area contributed by atoms with Gasteiger partial charge in [0.05, 0.1) is 12.1 Å². The van der Waals surface area contributed by atoms with Crippen LogP contribution in [-0.2, 0) is 4.74 Å². The molecule has 1 saturated carbocycles. The minimum atomic E-state index is -0.990. The molecule has 1 aromatic carbocycles. The number of nitrogen functional groups attached to an aromatic ring is 1. The van der Waals surface area contributed by atoms with Crippen molar-refractivity contribution in [1.29, 1.82) is 0 Å². The molecule has 1 aromatic heterocycles. The topological polar surface area (TPSA) is 78.8 Å². The van der Waals surface area contributed by atoms with Gasteiger partial charge in [0.1, 0.15) is 0 Å². The molecule has 0 radical (unpaired) electrons. The highest BCUT2D eigenvalue weighted by atomic mass is 19.2. The van der Waals surface area contributed by atoms with Crippen molar-refractivity contribution in [2.24, 2.45) is 0 Å². The van der Waals surface area contributed by atoms with E-state index in [0.717, 1.165) is 31.4 Å². The summed E-state index contributed by atoms with van der Waals surface area (Å²) in [6.07, 6.45) is 2.71. The van der Waals surface area contributed by atoms with Crippen LogP contribution in [-0.4, -0.2) is 33.4 Å². The summed E-state index contributed by atoms with van der Waals surface area (Å²) in [4.78, 5) is 0. The minimum Gasteiger partial charge on any atom is -0.398 e. The first-order chi connectivity index (χ1) is 10.1. The molecule has 1 aliphatic carbocycles. The van der Waals surface area contributed by atoms with Gasteiger partial charge in [-0.2, -0.15) is 0 Å². The molecule has 6 nitrogen and oxygen atoms in total. The lowest BCUT2D eigenvalue weighted by Gasteiger charge is -2.13. The number of benzene rings is 1. The Bertz CT molecular complexity index is 660. The van der Waals surface area contributed by atoms with E-state index in [1.165, 1.54) is 0 Å². The van der Waals surface area contributed by atoms with E-state index in [-0.39, 0.29) is 17.8 Å². The molecule has 1 heterocycles. The molecular formula is C13H15F2N5O. The maximum Gasteiger partial charge on any atom is 0.184 e. The molecule has 2 aromatic rings. The molecule has 0 spiro atoms. The van der Waals surface area contributed by atoms with Crippen LogP contribution in [0.15, 0.2) is 12.1 Å². The minimum absolute atomic E-state index is 0.0625. The second-order valence-corrected chi connectivity index (χ2v) is 5.13. The van der Waals surface area contributed by atoms with Crippen LogP contribution >= 0.6 is 0 Å². The van der Waals surface area contributed by atoms with E-state index in [2.05, 4.69) is 15.5 Å². The summed E-state index contributed by atoms with van der Waals surface area (Å²) in [5.41, 5.74) is 6.16. The van der Waals surface area contributed by atoms with Gasteiger partial charge in [-0.25, -0.2) is 13.5 Å². The van der Waals surface area contributed by atoms with Crippen LogP contribution in [0.25, 0.3) is 11.4 Å². The van der Waals surface area contributed by atoms with Gasteiger partial charge in [-0.15, -0.1) is 5.10 Å². The largest absolute Gasteiger partial charge is 0.398 e. The van der Waals surface area contributed by atoms with E-state index in [0.29, 0.717) is 11.4 Å². The smallest absolute Gasteiger partial charge is 0.184 e. The molecule has 1 aliphatic rings. The van der Waals surface area contributed by atoms with Crippen molar-refractivity contribution in [2.75, 3.05) is 12.8 Å². The van der Waals surface area contributed by atoms with Gasteiger partial charge in [0.25, 0.3) is 0 Å². The van der Waals surface area contributed by atoms with Crippen molar-refractivity contribution in [3.8, 4) is 11.4 Å². The number of methoxy groups -OCH3 is 1. The first-order valence-corrected chi connectivity index (χ1v) is 6.65. The van der Waals surface area contributed by atoms with Crippen LogP contribution in [0.5, 0.6) is 0 Å². The molecule has 0 bridgehead atoms. The van der Waals surface area contributed by atoms with Crippen LogP contribution in [0.4, 0.5) is 14.5 Å². The number of ether oxygens (including phenoxy) is 1. The summed E-state index contributed by atoms with van der Waals surface area (Å²) >= 11 is 0. The van der Waals surface area contributed by atoms with Crippen LogP contribution in [0, 0.1) is 11.6 Å². The van der Waals surface area contributed by atoms with Crippen molar-refractivity contribution in [3.05, 3.63) is 23.8 Å². The Balaban J connectivity index is 1.98. The van der Waals surface area contributed by atoms with E-state index in [9.17, 15) is 8.78 Å². The molecule has 0 aliphatic heterocycles. The Hall–Kier alpha value is -2.09. The fourth-order valence-corrected chi connectivity index (χ4v) is 2.73. The number of halogens is 2. The van der Waals surface area contributed by atoms with E-state index in [1.54, 1.807) is 11.8 Å². The Labute approximate surface area is 119 Å². The Morgan fingerprint density at radius 2 is 2.05 bits per heavy atom. The number of rotatable bonds is 3. The molecule has 2 unspecified atom stereocenters. The second-order valence-electron chi connectivity index (χ2n) is 5.13. The molecule has 0 amide bonds. The fraction of sp³-hybridized carbons (Fsp3) is 0.462. The number of tetrazole rings is 1. The highest BCUT2D eigenvalue weighted by Gasteiger charge is 2.29. The summed E-state index contributed by atoms with van der Waals surface area (Å²) in [6.45, 7) is 0. The third-order valence-corrected chi connectivity index (χ3v) is 3.86. The van der Waals surface area contributed by atoms with Gasteiger partial charge in [-0.3, -0.25) is 0 Å². The van der Waals surface area contributed by atoms with E-state index >= 15 is 0 Å². The van der Waals surface area contributed by atoms with E-state index < -0.39 is 11.6 Å². The number of nitrogens with two attached hydrogens (primary N) is 1. The highest BCUT2D eigenvalue weighted by molar-refractivity contribution is 5.71. The molecule has 112 valence electrons. The monoisotopic (exact) mass is 295 g/mol. The van der Waals surface area contributed by atoms with Crippen molar-refractivity contribution in [1.82, 2.24) is 20.2 Å². The lowest BCUT2D eigenvalue weighted by atomic mass is 10.1. The average molecular weight is 295 g/mol. The van der Waals surface area contributed by atoms with Crippen LogP contribution in [0.2, 0.25) is 0 Å². The first-order valence-electron chi connectivity index (χ1n) is 6.65. The third-order valence-electron chi connectivity index (χ3n) is 3.86. The molecule has 0 saturated heterocycles. The lowest BCUT2D eigenvalue weighted by Crippen LogP contribution is -2.12. The molecule has 3 rings (SSSR count). The Morgan fingerprint density at radius 3 is 2.76 bits per heavy atom. The van der Waals surface area contributed by atoms with Crippen molar-refractivity contribution < 1.29 is 13.5 Å². The summed E-state index contributed by atoms with van der Waals surface area (Å²) in [7, 11) is 1.67. The van der Waals surface area contributed by atoms with Gasteiger partial charge in [0.2, 0.25) is 0 Å². The summed E-state index contributed by atoms with van der Waals surface area (Å²) in [5.74, 6) is -1.63. The zero-order chi connectivity index (χ0) is 15.0. The number of hydrogen-bond acceptors (Lipinski definition) is 5. The summed E-state index contributed by atoms with van der Waals surface area (Å²) < 4.78 is 33.6. The highest BCUT2D eigenvalue weighted by Crippen LogP contribution is 2.35.